The highest BCUT2D eigenvalue weighted by Gasteiger charge is 2.12. The third-order valence-corrected chi connectivity index (χ3v) is 2.71. The van der Waals surface area contributed by atoms with Crippen molar-refractivity contribution >= 4 is 11.7 Å². The summed E-state index contributed by atoms with van der Waals surface area (Å²) in [5, 5.41) is 13.3. The second-order valence-electron chi connectivity index (χ2n) is 4.25. The summed E-state index contributed by atoms with van der Waals surface area (Å²) in [4.78, 5) is 11.1. The van der Waals surface area contributed by atoms with Crippen molar-refractivity contribution in [2.75, 3.05) is 5.73 Å². The largest absolute Gasteiger partial charge is 0.486 e. The highest BCUT2D eigenvalue weighted by atomic mass is 16.5. The lowest BCUT2D eigenvalue weighted by Gasteiger charge is -2.09. The Hall–Kier alpha value is -2.50. The zero-order valence-electron chi connectivity index (χ0n) is 10.8. The van der Waals surface area contributed by atoms with E-state index in [0.717, 1.165) is 11.4 Å². The number of hydrogen-bond donors (Lipinski definition) is 2. The number of aromatic nitrogens is 2. The quantitative estimate of drug-likeness (QED) is 0.815. The van der Waals surface area contributed by atoms with Gasteiger partial charge in [0.25, 0.3) is 0 Å². The van der Waals surface area contributed by atoms with Gasteiger partial charge in [-0.1, -0.05) is 0 Å². The first-order valence-corrected chi connectivity index (χ1v) is 5.72. The minimum atomic E-state index is -1.07. The summed E-state index contributed by atoms with van der Waals surface area (Å²) in [6.45, 7) is 2.14. The van der Waals surface area contributed by atoms with Crippen molar-refractivity contribution in [3.05, 3.63) is 41.2 Å². The van der Waals surface area contributed by atoms with Crippen LogP contribution < -0.4 is 10.5 Å². The first kappa shape index (κ1) is 12.9. The van der Waals surface area contributed by atoms with Gasteiger partial charge >= 0.3 is 5.97 Å². The van der Waals surface area contributed by atoms with Gasteiger partial charge in [-0.05, 0) is 31.2 Å². The molecule has 1 heterocycles. The fraction of sp³-hybridized carbons (Fsp3) is 0.231. The molecule has 2 aromatic rings. The number of carboxylic acid groups (broad SMARTS) is 1. The summed E-state index contributed by atoms with van der Waals surface area (Å²) in [5.74, 6) is -0.774. The topological polar surface area (TPSA) is 90.4 Å². The number of anilines is 1. The zero-order valence-corrected chi connectivity index (χ0v) is 10.8. The molecule has 2 rings (SSSR count). The summed E-state index contributed by atoms with van der Waals surface area (Å²) < 4.78 is 7.24. The highest BCUT2D eigenvalue weighted by molar-refractivity contribution is 5.92. The molecule has 3 N–H and O–H groups in total. The van der Waals surface area contributed by atoms with Gasteiger partial charge < -0.3 is 15.6 Å². The molecule has 0 aliphatic rings. The minimum absolute atomic E-state index is 0.0545. The Morgan fingerprint density at radius 3 is 2.79 bits per heavy atom. The van der Waals surface area contributed by atoms with Crippen molar-refractivity contribution in [3.8, 4) is 5.75 Å². The first-order valence-electron chi connectivity index (χ1n) is 5.72. The van der Waals surface area contributed by atoms with Crippen LogP contribution in [0.25, 0.3) is 0 Å². The normalized spacial score (nSPS) is 10.4. The number of carboxylic acids is 1. The molecule has 0 saturated heterocycles. The Kier molecular flexibility index (Phi) is 3.41. The molecule has 100 valence electrons. The molecule has 0 unspecified atom stereocenters. The Labute approximate surface area is 110 Å². The van der Waals surface area contributed by atoms with Crippen molar-refractivity contribution < 1.29 is 14.6 Å². The third-order valence-electron chi connectivity index (χ3n) is 2.71. The molecule has 0 aliphatic carbocycles. The number of aryl methyl sites for hydroxylation is 2. The van der Waals surface area contributed by atoms with Gasteiger partial charge in [0.05, 0.1) is 11.4 Å². The number of hydrogen-bond acceptors (Lipinski definition) is 4. The number of ether oxygens (including phenoxy) is 1. The van der Waals surface area contributed by atoms with Crippen molar-refractivity contribution in [1.29, 1.82) is 0 Å². The van der Waals surface area contributed by atoms with E-state index in [1.54, 1.807) is 16.8 Å². The van der Waals surface area contributed by atoms with Crippen LogP contribution in [0.5, 0.6) is 5.75 Å². The van der Waals surface area contributed by atoms with Crippen LogP contribution in [0.15, 0.2) is 24.3 Å². The second-order valence-corrected chi connectivity index (χ2v) is 4.25. The van der Waals surface area contributed by atoms with Crippen LogP contribution in [0.1, 0.15) is 21.7 Å². The van der Waals surface area contributed by atoms with Gasteiger partial charge in [-0.3, -0.25) is 4.68 Å². The van der Waals surface area contributed by atoms with E-state index in [2.05, 4.69) is 5.10 Å². The molecule has 0 saturated carbocycles. The van der Waals surface area contributed by atoms with Crippen molar-refractivity contribution in [3.63, 3.8) is 0 Å². The number of rotatable bonds is 4. The van der Waals surface area contributed by atoms with E-state index in [-0.39, 0.29) is 12.2 Å². The number of nitrogens with zero attached hydrogens (tertiary/aromatic N) is 2. The van der Waals surface area contributed by atoms with Gasteiger partial charge in [0.1, 0.15) is 17.9 Å². The maximum atomic E-state index is 11.1. The van der Waals surface area contributed by atoms with Gasteiger partial charge in [0, 0.05) is 12.7 Å². The predicted molar refractivity (Wildman–Crippen MR) is 70.1 cm³/mol. The van der Waals surface area contributed by atoms with Crippen LogP contribution in [-0.4, -0.2) is 20.9 Å². The number of aromatic carboxylic acids is 1. The van der Waals surface area contributed by atoms with Gasteiger partial charge in [-0.15, -0.1) is 0 Å². The van der Waals surface area contributed by atoms with E-state index < -0.39 is 5.97 Å². The van der Waals surface area contributed by atoms with E-state index in [1.165, 1.54) is 6.07 Å². The van der Waals surface area contributed by atoms with Crippen LogP contribution >= 0.6 is 0 Å². The number of nitrogen functional groups attached to an aromatic ring is 1. The molecule has 0 radical (unpaired) electrons. The molecule has 0 spiro atoms. The highest BCUT2D eigenvalue weighted by Crippen LogP contribution is 2.22. The molecular formula is C13H15N3O3. The summed E-state index contributed by atoms with van der Waals surface area (Å²) in [7, 11) is 1.81. The molecule has 0 amide bonds. The van der Waals surface area contributed by atoms with Crippen molar-refractivity contribution in [2.24, 2.45) is 7.05 Å². The van der Waals surface area contributed by atoms with E-state index in [1.807, 2.05) is 20.0 Å². The number of nitrogens with two attached hydrogens (primary N) is 1. The first-order chi connectivity index (χ1) is 8.97. The Morgan fingerprint density at radius 1 is 1.47 bits per heavy atom. The van der Waals surface area contributed by atoms with Crippen LogP contribution in [-0.2, 0) is 13.7 Å². The van der Waals surface area contributed by atoms with E-state index in [0.29, 0.717) is 11.4 Å². The average Bonchev–Trinajstić information content (AvgIpc) is 2.66. The maximum absolute atomic E-state index is 11.1. The zero-order chi connectivity index (χ0) is 14.0. The Balaban J connectivity index is 2.20. The minimum Gasteiger partial charge on any atom is -0.486 e. The molecule has 0 bridgehead atoms. The Morgan fingerprint density at radius 2 is 2.21 bits per heavy atom. The molecule has 0 fully saturated rings. The van der Waals surface area contributed by atoms with E-state index in [4.69, 9.17) is 15.6 Å². The molecule has 6 nitrogen and oxygen atoms in total. The van der Waals surface area contributed by atoms with Gasteiger partial charge in [-0.2, -0.15) is 5.10 Å². The van der Waals surface area contributed by atoms with Crippen LogP contribution in [0.3, 0.4) is 0 Å². The molecular weight excluding hydrogens is 246 g/mol. The Bertz CT molecular complexity index is 620. The van der Waals surface area contributed by atoms with E-state index in [9.17, 15) is 4.79 Å². The molecule has 6 heteroatoms. The van der Waals surface area contributed by atoms with Gasteiger partial charge in [-0.25, -0.2) is 4.79 Å². The van der Waals surface area contributed by atoms with E-state index >= 15 is 0 Å². The van der Waals surface area contributed by atoms with Crippen LogP contribution in [0.2, 0.25) is 0 Å². The SMILES string of the molecule is Cc1cc(COc2ccc(N)cc2C(=O)O)n(C)n1. The maximum Gasteiger partial charge on any atom is 0.339 e. The standard InChI is InChI=1S/C13H15N3O3/c1-8-5-10(16(2)15-8)7-19-12-4-3-9(14)6-11(12)13(17)18/h3-6H,7,14H2,1-2H3,(H,17,18). The monoisotopic (exact) mass is 261 g/mol. The van der Waals surface area contributed by atoms with Crippen molar-refractivity contribution in [2.45, 2.75) is 13.5 Å². The summed E-state index contributed by atoms with van der Waals surface area (Å²) in [6, 6.07) is 6.43. The summed E-state index contributed by atoms with van der Waals surface area (Å²) in [5.41, 5.74) is 7.76. The lowest BCUT2D eigenvalue weighted by atomic mass is 10.2. The number of benzene rings is 1. The molecule has 0 atom stereocenters. The predicted octanol–water partition coefficient (Wildman–Crippen LogP) is 1.59. The van der Waals surface area contributed by atoms with Crippen molar-refractivity contribution in [1.82, 2.24) is 9.78 Å². The molecule has 1 aromatic heterocycles. The van der Waals surface area contributed by atoms with Crippen LogP contribution in [0, 0.1) is 6.92 Å². The smallest absolute Gasteiger partial charge is 0.339 e. The number of carbonyl (C=O) groups is 1. The lowest BCUT2D eigenvalue weighted by molar-refractivity contribution is 0.0691. The lowest BCUT2D eigenvalue weighted by Crippen LogP contribution is -2.07. The fourth-order valence-electron chi connectivity index (χ4n) is 1.79. The fourth-order valence-corrected chi connectivity index (χ4v) is 1.79. The summed E-state index contributed by atoms with van der Waals surface area (Å²) in [6.07, 6.45) is 0. The second kappa shape index (κ2) is 5.01. The molecule has 0 aliphatic heterocycles. The average molecular weight is 261 g/mol. The van der Waals surface area contributed by atoms with Gasteiger partial charge in [0.15, 0.2) is 0 Å². The molecule has 19 heavy (non-hydrogen) atoms. The molecule has 1 aromatic carbocycles. The summed E-state index contributed by atoms with van der Waals surface area (Å²) >= 11 is 0. The van der Waals surface area contributed by atoms with Gasteiger partial charge in [0.2, 0.25) is 0 Å². The third kappa shape index (κ3) is 2.85. The van der Waals surface area contributed by atoms with Crippen LogP contribution in [0.4, 0.5) is 5.69 Å².